The van der Waals surface area contributed by atoms with Crippen LogP contribution < -0.4 is 5.32 Å². The van der Waals surface area contributed by atoms with Gasteiger partial charge in [-0.25, -0.2) is 0 Å². The minimum absolute atomic E-state index is 0.769. The van der Waals surface area contributed by atoms with Crippen molar-refractivity contribution < 1.29 is 8.83 Å². The Kier molecular flexibility index (Phi) is 4.01. The molecule has 4 heteroatoms. The van der Waals surface area contributed by atoms with Crippen molar-refractivity contribution in [3.63, 3.8) is 0 Å². The second-order valence-electron chi connectivity index (χ2n) is 4.20. The van der Waals surface area contributed by atoms with Crippen molar-refractivity contribution >= 4 is 0 Å². The molecule has 0 radical (unpaired) electrons. The summed E-state index contributed by atoms with van der Waals surface area (Å²) in [5.74, 6) is 1.96. The molecule has 0 aromatic carbocycles. The maximum Gasteiger partial charge on any atom is 0.118 e. The Morgan fingerprint density at radius 3 is 2.71 bits per heavy atom. The highest BCUT2D eigenvalue weighted by molar-refractivity contribution is 5.08. The summed E-state index contributed by atoms with van der Waals surface area (Å²) < 4.78 is 10.7. The first kappa shape index (κ1) is 12.0. The molecule has 0 bridgehead atoms. The Morgan fingerprint density at radius 1 is 1.18 bits per heavy atom. The Balaban J connectivity index is 1.86. The first-order chi connectivity index (χ1) is 8.28. The SMILES string of the molecule is CNCc1ccc(CN(C)Cc2ccoc2)o1. The molecule has 2 heterocycles. The van der Waals surface area contributed by atoms with Crippen molar-refractivity contribution in [3.05, 3.63) is 47.8 Å². The summed E-state index contributed by atoms with van der Waals surface area (Å²) >= 11 is 0. The molecule has 0 aliphatic carbocycles. The molecule has 0 saturated carbocycles. The molecule has 0 saturated heterocycles. The number of nitrogens with zero attached hydrogens (tertiary/aromatic N) is 1. The third-order valence-electron chi connectivity index (χ3n) is 2.53. The summed E-state index contributed by atoms with van der Waals surface area (Å²) in [5, 5.41) is 3.07. The van der Waals surface area contributed by atoms with E-state index in [0.29, 0.717) is 0 Å². The second kappa shape index (κ2) is 5.70. The highest BCUT2D eigenvalue weighted by atomic mass is 16.3. The molecule has 2 rings (SSSR count). The van der Waals surface area contributed by atoms with Crippen LogP contribution in [0.15, 0.2) is 39.6 Å². The summed E-state index contributed by atoms with van der Waals surface area (Å²) in [7, 11) is 3.97. The van der Waals surface area contributed by atoms with E-state index in [2.05, 4.69) is 17.3 Å². The van der Waals surface area contributed by atoms with Gasteiger partial charge in [0.1, 0.15) is 11.5 Å². The molecule has 1 N–H and O–H groups in total. The minimum Gasteiger partial charge on any atom is -0.472 e. The first-order valence-electron chi connectivity index (χ1n) is 5.69. The zero-order valence-corrected chi connectivity index (χ0v) is 10.3. The fourth-order valence-corrected chi connectivity index (χ4v) is 1.79. The summed E-state index contributed by atoms with van der Waals surface area (Å²) in [6, 6.07) is 6.02. The van der Waals surface area contributed by atoms with Crippen LogP contribution in [0.4, 0.5) is 0 Å². The average molecular weight is 234 g/mol. The van der Waals surface area contributed by atoms with Crippen LogP contribution in [0.3, 0.4) is 0 Å². The minimum atomic E-state index is 0.769. The quantitative estimate of drug-likeness (QED) is 0.832. The molecule has 2 aromatic heterocycles. The maximum atomic E-state index is 5.69. The molecular formula is C13H18N2O2. The second-order valence-corrected chi connectivity index (χ2v) is 4.20. The van der Waals surface area contributed by atoms with Gasteiger partial charge in [-0.05, 0) is 32.3 Å². The molecule has 4 nitrogen and oxygen atoms in total. The van der Waals surface area contributed by atoms with E-state index in [1.165, 1.54) is 5.56 Å². The number of hydrogen-bond acceptors (Lipinski definition) is 4. The third kappa shape index (κ3) is 3.47. The smallest absolute Gasteiger partial charge is 0.118 e. The standard InChI is InChI=1S/C13H18N2O2/c1-14-7-12-3-4-13(17-12)9-15(2)8-11-5-6-16-10-11/h3-6,10,14H,7-9H2,1-2H3. The van der Waals surface area contributed by atoms with Gasteiger partial charge >= 0.3 is 0 Å². The zero-order valence-electron chi connectivity index (χ0n) is 10.3. The van der Waals surface area contributed by atoms with E-state index in [9.17, 15) is 0 Å². The third-order valence-corrected chi connectivity index (χ3v) is 2.53. The highest BCUT2D eigenvalue weighted by Crippen LogP contribution is 2.12. The number of nitrogens with one attached hydrogen (secondary N) is 1. The Hall–Kier alpha value is -1.52. The lowest BCUT2D eigenvalue weighted by Crippen LogP contribution is -2.16. The fraction of sp³-hybridized carbons (Fsp3) is 0.385. The van der Waals surface area contributed by atoms with Crippen LogP contribution in [0.2, 0.25) is 0 Å². The lowest BCUT2D eigenvalue weighted by Gasteiger charge is -2.13. The van der Waals surface area contributed by atoms with Crippen molar-refractivity contribution in [2.24, 2.45) is 0 Å². The van der Waals surface area contributed by atoms with Gasteiger partial charge in [0.2, 0.25) is 0 Å². The lowest BCUT2D eigenvalue weighted by molar-refractivity contribution is 0.282. The fourth-order valence-electron chi connectivity index (χ4n) is 1.79. The van der Waals surface area contributed by atoms with E-state index in [1.807, 2.05) is 25.2 Å². The van der Waals surface area contributed by atoms with E-state index in [1.54, 1.807) is 12.5 Å². The molecule has 17 heavy (non-hydrogen) atoms. The van der Waals surface area contributed by atoms with Crippen LogP contribution in [-0.2, 0) is 19.6 Å². The van der Waals surface area contributed by atoms with E-state index >= 15 is 0 Å². The molecule has 0 aliphatic heterocycles. The van der Waals surface area contributed by atoms with Gasteiger partial charge in [-0.15, -0.1) is 0 Å². The van der Waals surface area contributed by atoms with Crippen LogP contribution in [0.25, 0.3) is 0 Å². The molecule has 0 amide bonds. The van der Waals surface area contributed by atoms with Crippen molar-refractivity contribution in [2.75, 3.05) is 14.1 Å². The topological polar surface area (TPSA) is 41.5 Å². The van der Waals surface area contributed by atoms with Gasteiger partial charge in [-0.1, -0.05) is 0 Å². The van der Waals surface area contributed by atoms with Gasteiger partial charge in [0.25, 0.3) is 0 Å². The molecule has 0 aliphatic rings. The lowest BCUT2D eigenvalue weighted by atomic mass is 10.3. The average Bonchev–Trinajstić information content (AvgIpc) is 2.91. The summed E-state index contributed by atoms with van der Waals surface area (Å²) in [4.78, 5) is 2.19. The van der Waals surface area contributed by atoms with Gasteiger partial charge < -0.3 is 14.2 Å². The Morgan fingerprint density at radius 2 is 2.00 bits per heavy atom. The van der Waals surface area contributed by atoms with Crippen LogP contribution in [0.1, 0.15) is 17.1 Å². The normalized spacial score (nSPS) is 11.2. The maximum absolute atomic E-state index is 5.69. The van der Waals surface area contributed by atoms with Gasteiger partial charge in [0.05, 0.1) is 25.6 Å². The van der Waals surface area contributed by atoms with Crippen LogP contribution in [0, 0.1) is 0 Å². The van der Waals surface area contributed by atoms with Crippen LogP contribution in [-0.4, -0.2) is 19.0 Å². The number of hydrogen-bond donors (Lipinski definition) is 1. The number of furan rings is 2. The monoisotopic (exact) mass is 234 g/mol. The van der Waals surface area contributed by atoms with Crippen LogP contribution in [0.5, 0.6) is 0 Å². The van der Waals surface area contributed by atoms with Gasteiger partial charge in [0.15, 0.2) is 0 Å². The Labute approximate surface area is 101 Å². The summed E-state index contributed by atoms with van der Waals surface area (Å²) in [6.45, 7) is 2.43. The zero-order chi connectivity index (χ0) is 12.1. The largest absolute Gasteiger partial charge is 0.472 e. The van der Waals surface area contributed by atoms with E-state index in [4.69, 9.17) is 8.83 Å². The van der Waals surface area contributed by atoms with Crippen molar-refractivity contribution in [3.8, 4) is 0 Å². The van der Waals surface area contributed by atoms with E-state index in [-0.39, 0.29) is 0 Å². The van der Waals surface area contributed by atoms with Crippen molar-refractivity contribution in [2.45, 2.75) is 19.6 Å². The van der Waals surface area contributed by atoms with Gasteiger partial charge in [-0.2, -0.15) is 0 Å². The van der Waals surface area contributed by atoms with E-state index in [0.717, 1.165) is 31.2 Å². The number of rotatable bonds is 6. The van der Waals surface area contributed by atoms with Gasteiger partial charge in [0, 0.05) is 12.1 Å². The summed E-state index contributed by atoms with van der Waals surface area (Å²) in [5.41, 5.74) is 1.18. The van der Waals surface area contributed by atoms with Crippen LogP contribution >= 0.6 is 0 Å². The molecule has 0 atom stereocenters. The first-order valence-corrected chi connectivity index (χ1v) is 5.69. The van der Waals surface area contributed by atoms with Crippen molar-refractivity contribution in [1.29, 1.82) is 0 Å². The molecule has 0 unspecified atom stereocenters. The molecular weight excluding hydrogens is 216 g/mol. The predicted octanol–water partition coefficient (Wildman–Crippen LogP) is 2.22. The van der Waals surface area contributed by atoms with E-state index < -0.39 is 0 Å². The molecule has 0 fully saturated rings. The van der Waals surface area contributed by atoms with Crippen molar-refractivity contribution in [1.82, 2.24) is 10.2 Å². The Bertz CT molecular complexity index is 434. The summed E-state index contributed by atoms with van der Waals surface area (Å²) in [6.07, 6.45) is 3.46. The molecule has 92 valence electrons. The van der Waals surface area contributed by atoms with Gasteiger partial charge in [-0.3, -0.25) is 4.90 Å². The molecule has 2 aromatic rings. The predicted molar refractivity (Wildman–Crippen MR) is 65.4 cm³/mol. The highest BCUT2D eigenvalue weighted by Gasteiger charge is 2.06. The molecule has 0 spiro atoms.